The zero-order valence-electron chi connectivity index (χ0n) is 13.5. The molecule has 0 spiro atoms. The van der Waals surface area contributed by atoms with Crippen LogP contribution in [0.5, 0.6) is 0 Å². The second-order valence-corrected chi connectivity index (χ2v) is 6.05. The molecule has 2 aromatic rings. The fourth-order valence-corrected chi connectivity index (χ4v) is 3.12. The first-order valence-corrected chi connectivity index (χ1v) is 8.15. The number of H-pyrrole nitrogens is 1. The molecule has 1 aliphatic heterocycles. The summed E-state index contributed by atoms with van der Waals surface area (Å²) >= 11 is 0. The van der Waals surface area contributed by atoms with E-state index >= 15 is 0 Å². The third kappa shape index (κ3) is 3.30. The number of nitrogens with zero attached hydrogens (tertiary/aromatic N) is 3. The van der Waals surface area contributed by atoms with Gasteiger partial charge in [0.05, 0.1) is 5.69 Å². The lowest BCUT2D eigenvalue weighted by Crippen LogP contribution is -2.31. The van der Waals surface area contributed by atoms with Crippen molar-refractivity contribution in [2.75, 3.05) is 18.0 Å². The lowest BCUT2D eigenvalue weighted by Gasteiger charge is -2.29. The summed E-state index contributed by atoms with van der Waals surface area (Å²) in [5, 5.41) is 10.8. The van der Waals surface area contributed by atoms with Gasteiger partial charge in [0.15, 0.2) is 0 Å². The van der Waals surface area contributed by atoms with Gasteiger partial charge in [-0.05, 0) is 39.2 Å². The standard InChI is InChI=1S/C17H25N5/c1-13-16(14(2)21-20-13)12-18-11-15-7-6-8-19-17(15)22-9-4-3-5-10-22/h6-8,18H,3-5,9-12H2,1-2H3,(H,20,21). The Morgan fingerprint density at radius 3 is 2.73 bits per heavy atom. The topological polar surface area (TPSA) is 56.8 Å². The Labute approximate surface area is 132 Å². The summed E-state index contributed by atoms with van der Waals surface area (Å²) in [6, 6.07) is 4.21. The monoisotopic (exact) mass is 299 g/mol. The Balaban J connectivity index is 1.65. The van der Waals surface area contributed by atoms with Crippen LogP contribution in [0.1, 0.15) is 41.8 Å². The van der Waals surface area contributed by atoms with Gasteiger partial charge in [0.25, 0.3) is 0 Å². The van der Waals surface area contributed by atoms with Crippen molar-refractivity contribution in [3.05, 3.63) is 40.8 Å². The molecule has 0 saturated carbocycles. The van der Waals surface area contributed by atoms with E-state index in [-0.39, 0.29) is 0 Å². The third-order valence-corrected chi connectivity index (χ3v) is 4.42. The molecular weight excluding hydrogens is 274 g/mol. The molecule has 5 heteroatoms. The number of hydrogen-bond acceptors (Lipinski definition) is 4. The molecule has 0 unspecified atom stereocenters. The van der Waals surface area contributed by atoms with Crippen LogP contribution in [0.25, 0.3) is 0 Å². The molecule has 1 fully saturated rings. The van der Waals surface area contributed by atoms with Gasteiger partial charge in [-0.15, -0.1) is 0 Å². The third-order valence-electron chi connectivity index (χ3n) is 4.42. The highest BCUT2D eigenvalue weighted by molar-refractivity contribution is 5.47. The van der Waals surface area contributed by atoms with E-state index in [1.54, 1.807) is 0 Å². The molecule has 22 heavy (non-hydrogen) atoms. The molecule has 118 valence electrons. The van der Waals surface area contributed by atoms with E-state index in [9.17, 15) is 0 Å². The van der Waals surface area contributed by atoms with Crippen LogP contribution < -0.4 is 10.2 Å². The van der Waals surface area contributed by atoms with Crippen LogP contribution in [-0.2, 0) is 13.1 Å². The summed E-state index contributed by atoms with van der Waals surface area (Å²) in [6.07, 6.45) is 5.79. The first-order valence-electron chi connectivity index (χ1n) is 8.15. The lowest BCUT2D eigenvalue weighted by molar-refractivity contribution is 0.569. The van der Waals surface area contributed by atoms with E-state index in [0.29, 0.717) is 0 Å². The maximum atomic E-state index is 4.62. The summed E-state index contributed by atoms with van der Waals surface area (Å²) in [6.45, 7) is 8.05. The molecule has 3 rings (SSSR count). The average Bonchev–Trinajstić information content (AvgIpc) is 2.88. The van der Waals surface area contributed by atoms with Crippen LogP contribution in [0.2, 0.25) is 0 Å². The number of hydrogen-bond donors (Lipinski definition) is 2. The minimum atomic E-state index is 0.836. The average molecular weight is 299 g/mol. The summed E-state index contributed by atoms with van der Waals surface area (Å²) in [4.78, 5) is 7.05. The molecular formula is C17H25N5. The Hall–Kier alpha value is -1.88. The van der Waals surface area contributed by atoms with Crippen molar-refractivity contribution in [3.63, 3.8) is 0 Å². The molecule has 0 aliphatic carbocycles. The molecule has 1 aliphatic rings. The zero-order valence-corrected chi connectivity index (χ0v) is 13.5. The van der Waals surface area contributed by atoms with Crippen LogP contribution in [0, 0.1) is 13.8 Å². The van der Waals surface area contributed by atoms with Crippen molar-refractivity contribution >= 4 is 5.82 Å². The highest BCUT2D eigenvalue weighted by atomic mass is 15.2. The molecule has 3 heterocycles. The summed E-state index contributed by atoms with van der Waals surface area (Å²) in [5.41, 5.74) is 4.77. The normalized spacial score (nSPS) is 15.3. The number of rotatable bonds is 5. The smallest absolute Gasteiger partial charge is 0.133 e. The molecule has 0 amide bonds. The molecule has 0 aromatic carbocycles. The summed E-state index contributed by atoms with van der Waals surface area (Å²) in [5.74, 6) is 1.15. The number of aromatic amines is 1. The van der Waals surface area contributed by atoms with E-state index in [1.807, 2.05) is 19.2 Å². The van der Waals surface area contributed by atoms with Crippen molar-refractivity contribution < 1.29 is 0 Å². The second-order valence-electron chi connectivity index (χ2n) is 6.05. The van der Waals surface area contributed by atoms with E-state index in [4.69, 9.17) is 0 Å². The first kappa shape index (κ1) is 15.0. The molecule has 1 saturated heterocycles. The number of aromatic nitrogens is 3. The number of aryl methyl sites for hydroxylation is 2. The van der Waals surface area contributed by atoms with E-state index in [2.05, 4.69) is 38.4 Å². The predicted octanol–water partition coefficient (Wildman–Crippen LogP) is 2.70. The number of nitrogens with one attached hydrogen (secondary N) is 2. The van der Waals surface area contributed by atoms with Gasteiger partial charge >= 0.3 is 0 Å². The molecule has 2 aromatic heterocycles. The predicted molar refractivity (Wildman–Crippen MR) is 88.9 cm³/mol. The summed E-state index contributed by atoms with van der Waals surface area (Å²) < 4.78 is 0. The van der Waals surface area contributed by atoms with Crippen molar-refractivity contribution in [1.29, 1.82) is 0 Å². The van der Waals surface area contributed by atoms with Gasteiger partial charge in [0, 0.05) is 49.2 Å². The molecule has 5 nitrogen and oxygen atoms in total. The zero-order chi connectivity index (χ0) is 15.4. The first-order chi connectivity index (χ1) is 10.8. The second kappa shape index (κ2) is 6.92. The number of anilines is 1. The summed E-state index contributed by atoms with van der Waals surface area (Å²) in [7, 11) is 0. The van der Waals surface area contributed by atoms with Crippen molar-refractivity contribution in [2.24, 2.45) is 0 Å². The maximum absolute atomic E-state index is 4.62. The Bertz CT molecular complexity index is 594. The highest BCUT2D eigenvalue weighted by Gasteiger charge is 2.15. The van der Waals surface area contributed by atoms with Crippen molar-refractivity contribution in [2.45, 2.75) is 46.2 Å². The Morgan fingerprint density at radius 1 is 1.18 bits per heavy atom. The van der Waals surface area contributed by atoms with Gasteiger partial charge in [-0.2, -0.15) is 5.10 Å². The minimum absolute atomic E-state index is 0.836. The fourth-order valence-electron chi connectivity index (χ4n) is 3.12. The van der Waals surface area contributed by atoms with Crippen molar-refractivity contribution in [3.8, 4) is 0 Å². The van der Waals surface area contributed by atoms with Crippen LogP contribution in [0.4, 0.5) is 5.82 Å². The van der Waals surface area contributed by atoms with Crippen LogP contribution >= 0.6 is 0 Å². The largest absolute Gasteiger partial charge is 0.356 e. The quantitative estimate of drug-likeness (QED) is 0.891. The molecule has 0 atom stereocenters. The molecule has 2 N–H and O–H groups in total. The Kier molecular flexibility index (Phi) is 4.73. The Morgan fingerprint density at radius 2 is 2.00 bits per heavy atom. The van der Waals surface area contributed by atoms with Gasteiger partial charge in [-0.1, -0.05) is 6.07 Å². The van der Waals surface area contributed by atoms with Gasteiger partial charge in [0.1, 0.15) is 5.82 Å². The highest BCUT2D eigenvalue weighted by Crippen LogP contribution is 2.21. The maximum Gasteiger partial charge on any atom is 0.133 e. The van der Waals surface area contributed by atoms with E-state index in [0.717, 1.165) is 43.4 Å². The van der Waals surface area contributed by atoms with Gasteiger partial charge in [-0.3, -0.25) is 5.10 Å². The SMILES string of the molecule is Cc1n[nH]c(C)c1CNCc1cccnc1N1CCCCC1. The van der Waals surface area contributed by atoms with Crippen LogP contribution in [0.15, 0.2) is 18.3 Å². The molecule has 0 radical (unpaired) electrons. The number of piperidine rings is 1. The minimum Gasteiger partial charge on any atom is -0.356 e. The van der Waals surface area contributed by atoms with E-state index in [1.165, 1.54) is 30.4 Å². The number of pyridine rings is 1. The van der Waals surface area contributed by atoms with Gasteiger partial charge < -0.3 is 10.2 Å². The van der Waals surface area contributed by atoms with Crippen molar-refractivity contribution in [1.82, 2.24) is 20.5 Å². The molecule has 0 bridgehead atoms. The lowest BCUT2D eigenvalue weighted by atomic mass is 10.1. The van der Waals surface area contributed by atoms with Gasteiger partial charge in [0.2, 0.25) is 0 Å². The fraction of sp³-hybridized carbons (Fsp3) is 0.529. The van der Waals surface area contributed by atoms with Crippen LogP contribution in [-0.4, -0.2) is 28.3 Å². The van der Waals surface area contributed by atoms with E-state index < -0.39 is 0 Å². The van der Waals surface area contributed by atoms with Gasteiger partial charge in [-0.25, -0.2) is 4.98 Å². The van der Waals surface area contributed by atoms with Crippen LogP contribution in [0.3, 0.4) is 0 Å².